The number of benzene rings is 3. The summed E-state index contributed by atoms with van der Waals surface area (Å²) in [6, 6.07) is 18.4. The van der Waals surface area contributed by atoms with Crippen LogP contribution in [0.25, 0.3) is 27.5 Å². The number of likely N-dealkylation sites (N-methyl/N-ethyl adjacent to an activating group) is 1. The number of H-pyrrole nitrogens is 1. The summed E-state index contributed by atoms with van der Waals surface area (Å²) < 4.78 is 1.62. The van der Waals surface area contributed by atoms with Gasteiger partial charge in [-0.2, -0.15) is 0 Å². The average molecular weight is 551 g/mol. The van der Waals surface area contributed by atoms with Crippen LogP contribution < -0.4 is 11.1 Å². The maximum absolute atomic E-state index is 13.3. The number of fused-ring (bicyclic) bond motifs is 3. The first kappa shape index (κ1) is 26.2. The summed E-state index contributed by atoms with van der Waals surface area (Å²) in [5, 5.41) is 13.0. The fourth-order valence-corrected chi connectivity index (χ4v) is 5.37. The van der Waals surface area contributed by atoms with Gasteiger partial charge in [0.25, 0.3) is 11.8 Å². The molecule has 11 nitrogen and oxygen atoms in total. The van der Waals surface area contributed by atoms with E-state index in [0.29, 0.717) is 41.2 Å². The third-order valence-corrected chi connectivity index (χ3v) is 7.59. The molecule has 0 saturated carbocycles. The second kappa shape index (κ2) is 10.5. The zero-order chi connectivity index (χ0) is 28.7. The van der Waals surface area contributed by atoms with Crippen LogP contribution >= 0.6 is 0 Å². The van der Waals surface area contributed by atoms with Gasteiger partial charge in [0.05, 0.1) is 23.3 Å². The Kier molecular flexibility index (Phi) is 6.72. The Balaban J connectivity index is 1.43. The van der Waals surface area contributed by atoms with E-state index in [1.165, 1.54) is 0 Å². The van der Waals surface area contributed by atoms with Crippen LogP contribution in [-0.2, 0) is 11.2 Å². The van der Waals surface area contributed by atoms with Crippen molar-refractivity contribution in [2.75, 3.05) is 38.5 Å². The van der Waals surface area contributed by atoms with E-state index in [9.17, 15) is 14.4 Å². The number of anilines is 1. The highest BCUT2D eigenvalue weighted by Crippen LogP contribution is 2.34. The van der Waals surface area contributed by atoms with Gasteiger partial charge in [-0.1, -0.05) is 35.5 Å². The highest BCUT2D eigenvalue weighted by molar-refractivity contribution is 6.14. The van der Waals surface area contributed by atoms with Crippen LogP contribution in [0.2, 0.25) is 0 Å². The van der Waals surface area contributed by atoms with Crippen molar-refractivity contribution in [3.63, 3.8) is 0 Å². The number of piperazine rings is 1. The second-order valence-corrected chi connectivity index (χ2v) is 10.4. The Morgan fingerprint density at radius 3 is 2.49 bits per heavy atom. The van der Waals surface area contributed by atoms with Crippen LogP contribution in [-0.4, -0.2) is 80.7 Å². The van der Waals surface area contributed by atoms with Crippen molar-refractivity contribution in [3.8, 4) is 5.69 Å². The number of rotatable bonds is 6. The predicted molar refractivity (Wildman–Crippen MR) is 156 cm³/mol. The van der Waals surface area contributed by atoms with E-state index in [2.05, 4.69) is 32.6 Å². The first-order chi connectivity index (χ1) is 19.8. The first-order valence-corrected chi connectivity index (χ1v) is 13.4. The standard InChI is InChI=1S/C30H30N8O3/c1-18-27(29(40)32-21-6-4-3-5-7-21)34-35-38(18)24-11-9-19(17-25(31)39)28-26(24)22-10-8-20(16-23(22)33-28)30(41)37-14-12-36(2)13-15-37/h3-11,16,33H,12-15,17H2,1-2H3,(H2,31,39)(H,32,40). The molecule has 1 aliphatic rings. The predicted octanol–water partition coefficient (Wildman–Crippen LogP) is 2.88. The van der Waals surface area contributed by atoms with Crippen molar-refractivity contribution in [2.45, 2.75) is 13.3 Å². The molecule has 0 aliphatic carbocycles. The Bertz CT molecular complexity index is 1800. The average Bonchev–Trinajstić information content (AvgIpc) is 3.54. The number of aromatic amines is 1. The van der Waals surface area contributed by atoms with Crippen molar-refractivity contribution in [1.29, 1.82) is 0 Å². The summed E-state index contributed by atoms with van der Waals surface area (Å²) in [7, 11) is 2.05. The van der Waals surface area contributed by atoms with Gasteiger partial charge >= 0.3 is 0 Å². The topological polar surface area (TPSA) is 142 Å². The SMILES string of the molecule is Cc1c(C(=O)Nc2ccccc2)nnn1-c1ccc(CC(N)=O)c2[nH]c3cc(C(=O)N4CCN(C)CC4)ccc3c12. The molecule has 0 radical (unpaired) electrons. The lowest BCUT2D eigenvalue weighted by molar-refractivity contribution is -0.117. The van der Waals surface area contributed by atoms with Gasteiger partial charge in [0.2, 0.25) is 5.91 Å². The number of nitrogens with two attached hydrogens (primary N) is 1. The molecule has 0 atom stereocenters. The first-order valence-electron chi connectivity index (χ1n) is 13.4. The Morgan fingerprint density at radius 2 is 1.76 bits per heavy atom. The Labute approximate surface area is 235 Å². The van der Waals surface area contributed by atoms with Crippen LogP contribution in [0.15, 0.2) is 60.7 Å². The molecule has 6 rings (SSSR count). The molecule has 3 aromatic carbocycles. The molecule has 0 spiro atoms. The fourth-order valence-electron chi connectivity index (χ4n) is 5.37. The van der Waals surface area contributed by atoms with Crippen molar-refractivity contribution in [1.82, 2.24) is 29.8 Å². The highest BCUT2D eigenvalue weighted by atomic mass is 16.2. The number of primary amides is 1. The van der Waals surface area contributed by atoms with Gasteiger partial charge in [-0.3, -0.25) is 14.4 Å². The van der Waals surface area contributed by atoms with E-state index < -0.39 is 5.91 Å². The third kappa shape index (κ3) is 4.91. The van der Waals surface area contributed by atoms with Crippen LogP contribution in [0.3, 0.4) is 0 Å². The number of amides is 3. The molecule has 2 aromatic heterocycles. The zero-order valence-corrected chi connectivity index (χ0v) is 22.8. The second-order valence-electron chi connectivity index (χ2n) is 10.4. The summed E-state index contributed by atoms with van der Waals surface area (Å²) in [5.41, 5.74) is 10.4. The van der Waals surface area contributed by atoms with Gasteiger partial charge in [0.1, 0.15) is 0 Å². The molecule has 0 unspecified atom stereocenters. The number of aromatic nitrogens is 4. The molecule has 5 aromatic rings. The van der Waals surface area contributed by atoms with E-state index in [4.69, 9.17) is 5.73 Å². The molecule has 208 valence electrons. The van der Waals surface area contributed by atoms with Crippen molar-refractivity contribution in [2.24, 2.45) is 5.73 Å². The lowest BCUT2D eigenvalue weighted by atomic mass is 10.0. The van der Waals surface area contributed by atoms with Gasteiger partial charge in [-0.05, 0) is 49.9 Å². The summed E-state index contributed by atoms with van der Waals surface area (Å²) in [4.78, 5) is 45.7. The summed E-state index contributed by atoms with van der Waals surface area (Å²) in [6.45, 7) is 4.81. The number of nitrogens with one attached hydrogen (secondary N) is 2. The minimum Gasteiger partial charge on any atom is -0.369 e. The van der Waals surface area contributed by atoms with Crippen LogP contribution in [0, 0.1) is 6.92 Å². The van der Waals surface area contributed by atoms with E-state index in [1.54, 1.807) is 23.7 Å². The van der Waals surface area contributed by atoms with Crippen molar-refractivity contribution >= 4 is 45.2 Å². The van der Waals surface area contributed by atoms with Gasteiger partial charge in [-0.25, -0.2) is 4.68 Å². The minimum atomic E-state index is -0.458. The molecule has 3 amide bonds. The molecule has 3 heterocycles. The van der Waals surface area contributed by atoms with Gasteiger partial charge in [0.15, 0.2) is 5.69 Å². The molecular weight excluding hydrogens is 520 g/mol. The smallest absolute Gasteiger partial charge is 0.278 e. The number of hydrogen-bond donors (Lipinski definition) is 3. The third-order valence-electron chi connectivity index (χ3n) is 7.59. The van der Waals surface area contributed by atoms with E-state index in [-0.39, 0.29) is 23.9 Å². The van der Waals surface area contributed by atoms with Crippen LogP contribution in [0.5, 0.6) is 0 Å². The lowest BCUT2D eigenvalue weighted by Crippen LogP contribution is -2.47. The molecule has 0 bridgehead atoms. The highest BCUT2D eigenvalue weighted by Gasteiger charge is 2.24. The normalized spacial score (nSPS) is 14.0. The quantitative estimate of drug-likeness (QED) is 0.297. The maximum atomic E-state index is 13.3. The fraction of sp³-hybridized carbons (Fsp3) is 0.233. The van der Waals surface area contributed by atoms with E-state index in [1.807, 2.05) is 53.4 Å². The zero-order valence-electron chi connectivity index (χ0n) is 22.8. The number of nitrogens with zero attached hydrogens (tertiary/aromatic N) is 5. The van der Waals surface area contributed by atoms with Gasteiger partial charge < -0.3 is 25.8 Å². The number of carbonyl (C=O) groups excluding carboxylic acids is 3. The Morgan fingerprint density at radius 1 is 1.00 bits per heavy atom. The van der Waals surface area contributed by atoms with Gasteiger partial charge in [0, 0.05) is 53.7 Å². The minimum absolute atomic E-state index is 0.0163. The number of hydrogen-bond acceptors (Lipinski definition) is 6. The Hall–Kier alpha value is -5.03. The maximum Gasteiger partial charge on any atom is 0.278 e. The summed E-state index contributed by atoms with van der Waals surface area (Å²) >= 11 is 0. The van der Waals surface area contributed by atoms with E-state index in [0.717, 1.165) is 34.9 Å². The van der Waals surface area contributed by atoms with Crippen molar-refractivity contribution in [3.05, 3.63) is 83.2 Å². The van der Waals surface area contributed by atoms with Gasteiger partial charge in [-0.15, -0.1) is 5.10 Å². The molecule has 11 heteroatoms. The molecular formula is C30H30N8O3. The summed E-state index contributed by atoms with van der Waals surface area (Å²) in [6.07, 6.45) is 0.0394. The van der Waals surface area contributed by atoms with Crippen LogP contribution in [0.1, 0.15) is 32.1 Å². The molecule has 1 aliphatic heterocycles. The lowest BCUT2D eigenvalue weighted by Gasteiger charge is -2.32. The summed E-state index contributed by atoms with van der Waals surface area (Å²) in [5.74, 6) is -0.842. The van der Waals surface area contributed by atoms with Crippen molar-refractivity contribution < 1.29 is 14.4 Å². The molecule has 1 saturated heterocycles. The number of carbonyl (C=O) groups is 3. The monoisotopic (exact) mass is 550 g/mol. The molecule has 4 N–H and O–H groups in total. The number of para-hydroxylation sites is 1. The largest absolute Gasteiger partial charge is 0.369 e. The van der Waals surface area contributed by atoms with Crippen LogP contribution in [0.4, 0.5) is 5.69 Å². The van der Waals surface area contributed by atoms with E-state index >= 15 is 0 Å². The molecule has 41 heavy (non-hydrogen) atoms. The molecule has 1 fully saturated rings.